The predicted molar refractivity (Wildman–Crippen MR) is 69.7 cm³/mol. The minimum Gasteiger partial charge on any atom is -0.480 e. The van der Waals surface area contributed by atoms with Crippen LogP contribution in [-0.2, 0) is 11.2 Å². The molecule has 0 aliphatic rings. The van der Waals surface area contributed by atoms with Gasteiger partial charge < -0.3 is 20.7 Å². The fourth-order valence-corrected chi connectivity index (χ4v) is 1.55. The maximum absolute atomic E-state index is 11.6. The molecular weight excluding hydrogens is 248 g/mol. The number of carboxylic acids is 1. The number of carbonyl (C=O) groups excluding carboxylic acids is 1. The Morgan fingerprint density at radius 1 is 1.58 bits per heavy atom. The zero-order chi connectivity index (χ0) is 14.3. The third-order valence-corrected chi connectivity index (χ3v) is 2.48. The minimum absolute atomic E-state index is 0.0981. The highest BCUT2D eigenvalue weighted by molar-refractivity contribution is 5.82. The van der Waals surface area contributed by atoms with Crippen LogP contribution in [0, 0.1) is 0 Å². The van der Waals surface area contributed by atoms with Gasteiger partial charge in [-0.15, -0.1) is 6.58 Å². The Labute approximate surface area is 111 Å². The van der Waals surface area contributed by atoms with Gasteiger partial charge in [0.15, 0.2) is 0 Å². The molecule has 1 aromatic rings. The molecule has 1 rings (SSSR count). The summed E-state index contributed by atoms with van der Waals surface area (Å²) < 4.78 is 0. The number of hydrogen-bond acceptors (Lipinski definition) is 3. The second kappa shape index (κ2) is 7.20. The number of nitrogens with one attached hydrogen (secondary N) is 3. The Morgan fingerprint density at radius 3 is 2.84 bits per heavy atom. The molecule has 0 saturated carbocycles. The van der Waals surface area contributed by atoms with Crippen LogP contribution in [0.2, 0.25) is 0 Å². The van der Waals surface area contributed by atoms with E-state index >= 15 is 0 Å². The number of amides is 2. The van der Waals surface area contributed by atoms with Gasteiger partial charge in [0.25, 0.3) is 0 Å². The van der Waals surface area contributed by atoms with Crippen LogP contribution >= 0.6 is 0 Å². The summed E-state index contributed by atoms with van der Waals surface area (Å²) in [6.45, 7) is 5.38. The van der Waals surface area contributed by atoms with Gasteiger partial charge >= 0.3 is 12.0 Å². The minimum atomic E-state index is -1.10. The van der Waals surface area contributed by atoms with Crippen molar-refractivity contribution in [2.45, 2.75) is 31.8 Å². The van der Waals surface area contributed by atoms with E-state index in [1.807, 2.05) is 6.92 Å². The van der Waals surface area contributed by atoms with E-state index < -0.39 is 18.0 Å². The van der Waals surface area contributed by atoms with Gasteiger partial charge in [0, 0.05) is 24.4 Å². The number of aromatic nitrogens is 2. The van der Waals surface area contributed by atoms with Crippen LogP contribution in [0.15, 0.2) is 25.2 Å². The maximum Gasteiger partial charge on any atom is 0.326 e. The molecule has 1 unspecified atom stereocenters. The first-order valence-corrected chi connectivity index (χ1v) is 5.91. The zero-order valence-corrected chi connectivity index (χ0v) is 10.7. The molecule has 0 aliphatic carbocycles. The molecule has 2 amide bonds. The van der Waals surface area contributed by atoms with Crippen molar-refractivity contribution in [3.63, 3.8) is 0 Å². The molecule has 0 radical (unpaired) electrons. The van der Waals surface area contributed by atoms with Gasteiger partial charge in [0.05, 0.1) is 6.33 Å². The van der Waals surface area contributed by atoms with E-state index in [1.54, 1.807) is 6.08 Å². The largest absolute Gasteiger partial charge is 0.480 e. The standard InChI is InChI=1S/C12H18N4O3/c1-3-4-8(2)15-12(19)16-10(11(17)18)5-9-6-13-7-14-9/h3,6-8,10H,1,4-5H2,2H3,(H,13,14)(H,17,18)(H2,15,16,19)/t8?,10-/m0/s1. The van der Waals surface area contributed by atoms with Crippen molar-refractivity contribution in [3.8, 4) is 0 Å². The van der Waals surface area contributed by atoms with Gasteiger partial charge in [-0.3, -0.25) is 0 Å². The van der Waals surface area contributed by atoms with Crippen molar-refractivity contribution in [2.75, 3.05) is 0 Å². The normalized spacial score (nSPS) is 13.3. The molecule has 0 aromatic carbocycles. The van der Waals surface area contributed by atoms with E-state index in [0.717, 1.165) is 0 Å². The molecule has 1 heterocycles. The Kier molecular flexibility index (Phi) is 5.59. The summed E-state index contributed by atoms with van der Waals surface area (Å²) in [6, 6.07) is -1.61. The third kappa shape index (κ3) is 5.24. The molecule has 0 fully saturated rings. The zero-order valence-electron chi connectivity index (χ0n) is 10.7. The highest BCUT2D eigenvalue weighted by Gasteiger charge is 2.21. The number of aromatic amines is 1. The highest BCUT2D eigenvalue weighted by atomic mass is 16.4. The summed E-state index contributed by atoms with van der Waals surface area (Å²) in [4.78, 5) is 29.3. The first-order chi connectivity index (χ1) is 9.02. The van der Waals surface area contributed by atoms with E-state index in [1.165, 1.54) is 12.5 Å². The summed E-state index contributed by atoms with van der Waals surface area (Å²) >= 11 is 0. The van der Waals surface area contributed by atoms with Gasteiger partial charge in [0.2, 0.25) is 0 Å². The Hall–Kier alpha value is -2.31. The third-order valence-electron chi connectivity index (χ3n) is 2.48. The number of carbonyl (C=O) groups is 2. The molecule has 104 valence electrons. The topological polar surface area (TPSA) is 107 Å². The van der Waals surface area contributed by atoms with Crippen molar-refractivity contribution in [1.29, 1.82) is 0 Å². The number of imidazole rings is 1. The van der Waals surface area contributed by atoms with Crippen LogP contribution in [0.25, 0.3) is 0 Å². The van der Waals surface area contributed by atoms with Gasteiger partial charge in [-0.1, -0.05) is 6.08 Å². The average molecular weight is 266 g/mol. The quantitative estimate of drug-likeness (QED) is 0.544. The maximum atomic E-state index is 11.6. The van der Waals surface area contributed by atoms with Crippen LogP contribution in [0.5, 0.6) is 0 Å². The number of hydrogen-bond donors (Lipinski definition) is 4. The lowest BCUT2D eigenvalue weighted by atomic mass is 10.1. The summed E-state index contributed by atoms with van der Waals surface area (Å²) in [6.07, 6.45) is 5.44. The lowest BCUT2D eigenvalue weighted by Crippen LogP contribution is -2.49. The number of H-pyrrole nitrogens is 1. The van der Waals surface area contributed by atoms with Gasteiger partial charge in [-0.05, 0) is 13.3 Å². The van der Waals surface area contributed by atoms with Crippen molar-refractivity contribution in [3.05, 3.63) is 30.9 Å². The second-order valence-corrected chi connectivity index (χ2v) is 4.22. The fourth-order valence-electron chi connectivity index (χ4n) is 1.55. The molecule has 0 aliphatic heterocycles. The van der Waals surface area contributed by atoms with Crippen molar-refractivity contribution in [2.24, 2.45) is 0 Å². The van der Waals surface area contributed by atoms with E-state index in [-0.39, 0.29) is 12.5 Å². The van der Waals surface area contributed by atoms with Crippen LogP contribution in [0.3, 0.4) is 0 Å². The van der Waals surface area contributed by atoms with E-state index in [2.05, 4.69) is 27.2 Å². The highest BCUT2D eigenvalue weighted by Crippen LogP contribution is 1.99. The molecule has 7 heteroatoms. The van der Waals surface area contributed by atoms with Crippen molar-refractivity contribution in [1.82, 2.24) is 20.6 Å². The fraction of sp³-hybridized carbons (Fsp3) is 0.417. The number of carboxylic acid groups (broad SMARTS) is 1. The molecule has 0 bridgehead atoms. The molecule has 4 N–H and O–H groups in total. The van der Waals surface area contributed by atoms with Crippen LogP contribution in [0.4, 0.5) is 4.79 Å². The average Bonchev–Trinajstić information content (AvgIpc) is 2.80. The first kappa shape index (κ1) is 14.7. The molecule has 2 atom stereocenters. The van der Waals surface area contributed by atoms with E-state index in [4.69, 9.17) is 5.11 Å². The molecule has 1 aromatic heterocycles. The monoisotopic (exact) mass is 266 g/mol. The van der Waals surface area contributed by atoms with Crippen molar-refractivity contribution < 1.29 is 14.7 Å². The predicted octanol–water partition coefficient (Wildman–Crippen LogP) is 0.669. The SMILES string of the molecule is C=CCC(C)NC(=O)N[C@@H](Cc1cnc[nH]1)C(=O)O. The lowest BCUT2D eigenvalue weighted by molar-refractivity contribution is -0.139. The number of urea groups is 1. The lowest BCUT2D eigenvalue weighted by Gasteiger charge is -2.17. The Morgan fingerprint density at radius 2 is 2.32 bits per heavy atom. The smallest absolute Gasteiger partial charge is 0.326 e. The van der Waals surface area contributed by atoms with Gasteiger partial charge in [-0.25, -0.2) is 14.6 Å². The Balaban J connectivity index is 2.51. The number of rotatable bonds is 7. The van der Waals surface area contributed by atoms with Crippen LogP contribution in [-0.4, -0.2) is 39.2 Å². The summed E-state index contributed by atoms with van der Waals surface area (Å²) in [5.41, 5.74) is 0.645. The number of nitrogens with zero attached hydrogens (tertiary/aromatic N) is 1. The molecule has 7 nitrogen and oxygen atoms in total. The van der Waals surface area contributed by atoms with E-state index in [0.29, 0.717) is 12.1 Å². The molecule has 19 heavy (non-hydrogen) atoms. The summed E-state index contributed by atoms with van der Waals surface area (Å²) in [7, 11) is 0. The van der Waals surface area contributed by atoms with Crippen LogP contribution < -0.4 is 10.6 Å². The van der Waals surface area contributed by atoms with Gasteiger partial charge in [0.1, 0.15) is 6.04 Å². The first-order valence-electron chi connectivity index (χ1n) is 5.91. The van der Waals surface area contributed by atoms with Crippen LogP contribution in [0.1, 0.15) is 19.0 Å². The van der Waals surface area contributed by atoms with Crippen molar-refractivity contribution >= 4 is 12.0 Å². The summed E-state index contributed by atoms with van der Waals surface area (Å²) in [5, 5.41) is 14.1. The molecule has 0 saturated heterocycles. The van der Waals surface area contributed by atoms with E-state index in [9.17, 15) is 9.59 Å². The number of aliphatic carboxylic acids is 1. The second-order valence-electron chi connectivity index (χ2n) is 4.22. The van der Waals surface area contributed by atoms with Gasteiger partial charge in [-0.2, -0.15) is 0 Å². The molecule has 0 spiro atoms. The molecular formula is C12H18N4O3. The summed E-state index contributed by atoms with van der Waals surface area (Å²) in [5.74, 6) is -1.10. The Bertz CT molecular complexity index is 430.